The van der Waals surface area contributed by atoms with Crippen LogP contribution >= 0.6 is 11.3 Å². The zero-order valence-electron chi connectivity index (χ0n) is 18.0. The van der Waals surface area contributed by atoms with Crippen molar-refractivity contribution in [3.8, 4) is 5.75 Å². The van der Waals surface area contributed by atoms with Crippen molar-refractivity contribution in [3.05, 3.63) is 64.1 Å². The molecule has 1 aliphatic rings. The lowest BCUT2D eigenvalue weighted by atomic mass is 9.98. The zero-order valence-corrected chi connectivity index (χ0v) is 18.8. The second-order valence-corrected chi connectivity index (χ2v) is 8.67. The maximum Gasteiger partial charge on any atom is 0.321 e. The van der Waals surface area contributed by atoms with Crippen LogP contribution in [-0.2, 0) is 0 Å². The van der Waals surface area contributed by atoms with Gasteiger partial charge in [-0.05, 0) is 49.6 Å². The number of urea groups is 1. The van der Waals surface area contributed by atoms with Crippen molar-refractivity contribution >= 4 is 34.6 Å². The van der Waals surface area contributed by atoms with Gasteiger partial charge in [-0.3, -0.25) is 4.79 Å². The molecule has 166 valence electrons. The normalized spacial score (nSPS) is 14.1. The van der Waals surface area contributed by atoms with E-state index in [9.17, 15) is 9.59 Å². The van der Waals surface area contributed by atoms with Gasteiger partial charge in [-0.25, -0.2) is 4.79 Å². The molecule has 2 aromatic carbocycles. The summed E-state index contributed by atoms with van der Waals surface area (Å²) in [4.78, 5) is 27.0. The highest BCUT2D eigenvalue weighted by molar-refractivity contribution is 7.13. The minimum absolute atomic E-state index is 0.146. The van der Waals surface area contributed by atoms with Gasteiger partial charge in [0.05, 0.1) is 12.8 Å². The molecular formula is C23H25N5O3S. The summed E-state index contributed by atoms with van der Waals surface area (Å²) in [7, 11) is 1.59. The topological polar surface area (TPSA) is 96.4 Å². The SMILES string of the molecule is COc1ccc(C)cc1NC(=O)N1CCC(c2nnc(C(=O)Nc3ccccc3)s2)CC1. The van der Waals surface area contributed by atoms with Crippen LogP contribution in [0.4, 0.5) is 16.2 Å². The van der Waals surface area contributed by atoms with Crippen molar-refractivity contribution < 1.29 is 14.3 Å². The second kappa shape index (κ2) is 9.78. The van der Waals surface area contributed by atoms with Gasteiger partial charge in [0.15, 0.2) is 0 Å². The first-order valence-corrected chi connectivity index (χ1v) is 11.3. The number of methoxy groups -OCH3 is 1. The molecule has 8 nitrogen and oxygen atoms in total. The molecule has 0 atom stereocenters. The van der Waals surface area contributed by atoms with E-state index in [-0.39, 0.29) is 17.9 Å². The van der Waals surface area contributed by atoms with E-state index in [1.807, 2.05) is 55.5 Å². The molecule has 4 rings (SSSR count). The van der Waals surface area contributed by atoms with E-state index in [4.69, 9.17) is 4.74 Å². The Morgan fingerprint density at radius 3 is 2.53 bits per heavy atom. The van der Waals surface area contributed by atoms with Crippen LogP contribution in [0, 0.1) is 6.92 Å². The number of likely N-dealkylation sites (tertiary alicyclic amines) is 1. The number of nitrogens with zero attached hydrogens (tertiary/aromatic N) is 3. The maximum absolute atomic E-state index is 12.7. The van der Waals surface area contributed by atoms with E-state index in [2.05, 4.69) is 20.8 Å². The molecule has 32 heavy (non-hydrogen) atoms. The van der Waals surface area contributed by atoms with Crippen LogP contribution in [-0.4, -0.2) is 47.2 Å². The summed E-state index contributed by atoms with van der Waals surface area (Å²) in [5, 5.41) is 15.3. The number of carbonyl (C=O) groups is 2. The molecule has 1 aliphatic heterocycles. The number of ether oxygens (including phenoxy) is 1. The molecule has 1 aromatic heterocycles. The van der Waals surface area contributed by atoms with Gasteiger partial charge >= 0.3 is 6.03 Å². The number of aromatic nitrogens is 2. The molecular weight excluding hydrogens is 426 g/mol. The minimum atomic E-state index is -0.260. The van der Waals surface area contributed by atoms with Crippen molar-refractivity contribution in [2.24, 2.45) is 0 Å². The Balaban J connectivity index is 1.33. The summed E-state index contributed by atoms with van der Waals surface area (Å²) in [6, 6.07) is 14.8. The van der Waals surface area contributed by atoms with E-state index >= 15 is 0 Å². The van der Waals surface area contributed by atoms with Gasteiger partial charge in [0.25, 0.3) is 5.91 Å². The van der Waals surface area contributed by atoms with Crippen LogP contribution in [0.15, 0.2) is 48.5 Å². The highest BCUT2D eigenvalue weighted by Crippen LogP contribution is 2.31. The highest BCUT2D eigenvalue weighted by Gasteiger charge is 2.27. The Morgan fingerprint density at radius 1 is 1.06 bits per heavy atom. The summed E-state index contributed by atoms with van der Waals surface area (Å²) < 4.78 is 5.34. The molecule has 1 saturated heterocycles. The smallest absolute Gasteiger partial charge is 0.321 e. The summed E-state index contributed by atoms with van der Waals surface area (Å²) in [5.74, 6) is 0.557. The largest absolute Gasteiger partial charge is 0.495 e. The van der Waals surface area contributed by atoms with Crippen LogP contribution < -0.4 is 15.4 Å². The predicted molar refractivity (Wildman–Crippen MR) is 125 cm³/mol. The molecule has 1 fully saturated rings. The molecule has 0 saturated carbocycles. The minimum Gasteiger partial charge on any atom is -0.495 e. The summed E-state index contributed by atoms with van der Waals surface area (Å²) in [6.07, 6.45) is 1.54. The fourth-order valence-corrected chi connectivity index (χ4v) is 4.55. The highest BCUT2D eigenvalue weighted by atomic mass is 32.1. The van der Waals surface area contributed by atoms with Gasteiger partial charge < -0.3 is 20.3 Å². The molecule has 0 bridgehead atoms. The molecule has 2 heterocycles. The standard InChI is InChI=1S/C23H25N5O3S/c1-15-8-9-19(31-2)18(14-15)25-23(30)28-12-10-16(11-13-28)21-26-27-22(32-21)20(29)24-17-6-4-3-5-7-17/h3-9,14,16H,10-13H2,1-2H3,(H,24,29)(H,25,30). The average Bonchev–Trinajstić information content (AvgIpc) is 3.31. The van der Waals surface area contributed by atoms with Gasteiger partial charge in [0, 0.05) is 24.7 Å². The summed E-state index contributed by atoms with van der Waals surface area (Å²) in [6.45, 7) is 3.18. The lowest BCUT2D eigenvalue weighted by molar-refractivity contribution is 0.102. The zero-order chi connectivity index (χ0) is 22.5. The number of rotatable bonds is 5. The van der Waals surface area contributed by atoms with Crippen LogP contribution in [0.3, 0.4) is 0 Å². The van der Waals surface area contributed by atoms with E-state index in [0.717, 1.165) is 29.1 Å². The molecule has 0 unspecified atom stereocenters. The van der Waals surface area contributed by atoms with Gasteiger partial charge in [0.2, 0.25) is 5.01 Å². The Hall–Kier alpha value is -3.46. The van der Waals surface area contributed by atoms with Crippen LogP contribution in [0.25, 0.3) is 0 Å². The van der Waals surface area contributed by atoms with E-state index in [1.165, 1.54) is 11.3 Å². The number of carbonyl (C=O) groups excluding carboxylic acids is 2. The Labute approximate surface area is 190 Å². The van der Waals surface area contributed by atoms with Crippen molar-refractivity contribution in [1.82, 2.24) is 15.1 Å². The average molecular weight is 452 g/mol. The number of hydrogen-bond acceptors (Lipinski definition) is 6. The van der Waals surface area contributed by atoms with Crippen LogP contribution in [0.2, 0.25) is 0 Å². The second-order valence-electron chi connectivity index (χ2n) is 7.66. The third-order valence-corrected chi connectivity index (χ3v) is 6.48. The quantitative estimate of drug-likeness (QED) is 0.595. The number of piperidine rings is 1. The maximum atomic E-state index is 12.7. The van der Waals surface area contributed by atoms with Gasteiger partial charge in [-0.15, -0.1) is 10.2 Å². The summed E-state index contributed by atoms with van der Waals surface area (Å²) in [5.41, 5.74) is 2.43. The van der Waals surface area contributed by atoms with Gasteiger partial charge in [-0.2, -0.15) is 0 Å². The Bertz CT molecular complexity index is 1090. The fourth-order valence-electron chi connectivity index (χ4n) is 3.64. The molecule has 3 aromatic rings. The van der Waals surface area contributed by atoms with E-state index < -0.39 is 0 Å². The number of para-hydroxylation sites is 1. The lowest BCUT2D eigenvalue weighted by Crippen LogP contribution is -2.40. The molecule has 2 N–H and O–H groups in total. The van der Waals surface area contributed by atoms with Crippen molar-refractivity contribution in [1.29, 1.82) is 0 Å². The van der Waals surface area contributed by atoms with E-state index in [0.29, 0.717) is 29.5 Å². The molecule has 0 radical (unpaired) electrons. The number of hydrogen-bond donors (Lipinski definition) is 2. The fraction of sp³-hybridized carbons (Fsp3) is 0.304. The van der Waals surface area contributed by atoms with Crippen molar-refractivity contribution in [3.63, 3.8) is 0 Å². The number of anilines is 2. The van der Waals surface area contributed by atoms with Crippen LogP contribution in [0.1, 0.15) is 39.1 Å². The molecule has 0 spiro atoms. The monoisotopic (exact) mass is 451 g/mol. The predicted octanol–water partition coefficient (Wildman–Crippen LogP) is 4.52. The lowest BCUT2D eigenvalue weighted by Gasteiger charge is -2.31. The van der Waals surface area contributed by atoms with Gasteiger partial charge in [-0.1, -0.05) is 35.6 Å². The number of aryl methyl sites for hydroxylation is 1. The molecule has 9 heteroatoms. The van der Waals surface area contributed by atoms with Crippen molar-refractivity contribution in [2.75, 3.05) is 30.8 Å². The van der Waals surface area contributed by atoms with Crippen molar-refractivity contribution in [2.45, 2.75) is 25.7 Å². The molecule has 3 amide bonds. The van der Waals surface area contributed by atoms with Crippen LogP contribution in [0.5, 0.6) is 5.75 Å². The molecule has 0 aliphatic carbocycles. The first-order chi connectivity index (χ1) is 15.5. The third kappa shape index (κ3) is 5.05. The number of amides is 3. The third-order valence-electron chi connectivity index (χ3n) is 5.39. The van der Waals surface area contributed by atoms with E-state index in [1.54, 1.807) is 12.0 Å². The Kier molecular flexibility index (Phi) is 6.65. The first-order valence-electron chi connectivity index (χ1n) is 10.4. The summed E-state index contributed by atoms with van der Waals surface area (Å²) >= 11 is 1.32. The number of nitrogens with one attached hydrogen (secondary N) is 2. The first kappa shape index (κ1) is 21.8. The Morgan fingerprint density at radius 2 is 1.81 bits per heavy atom. The van der Waals surface area contributed by atoms with Gasteiger partial charge in [0.1, 0.15) is 10.8 Å². The number of benzene rings is 2.